The van der Waals surface area contributed by atoms with E-state index in [2.05, 4.69) is 33.8 Å². The number of anilines is 1. The Morgan fingerprint density at radius 2 is 2.43 bits per heavy atom. The lowest BCUT2D eigenvalue weighted by molar-refractivity contribution is 0.993. The van der Waals surface area contributed by atoms with Gasteiger partial charge in [0, 0.05) is 35.3 Å². The lowest BCUT2D eigenvalue weighted by Crippen LogP contribution is -2.23. The third-order valence-electron chi connectivity index (χ3n) is 2.06. The highest BCUT2D eigenvalue weighted by Gasteiger charge is 2.13. The number of rotatable bonds is 3. The van der Waals surface area contributed by atoms with Crippen LogP contribution >= 0.6 is 23.5 Å². The molecule has 0 aliphatic carbocycles. The maximum Gasteiger partial charge on any atom is 0.125 e. The predicted octanol–water partition coefficient (Wildman–Crippen LogP) is 2.34. The fraction of sp³-hybridized carbons (Fsp3) is 0.500. The lowest BCUT2D eigenvalue weighted by Gasteiger charge is -2.21. The van der Waals surface area contributed by atoms with E-state index < -0.39 is 0 Å². The SMILES string of the molecule is c1ccc(NCC2CSCCS2)nc1. The van der Waals surface area contributed by atoms with E-state index in [9.17, 15) is 0 Å². The molecule has 1 fully saturated rings. The number of aromatic nitrogens is 1. The van der Waals surface area contributed by atoms with E-state index in [0.29, 0.717) is 0 Å². The average Bonchev–Trinajstić information content (AvgIpc) is 2.29. The molecular weight excluding hydrogens is 212 g/mol. The van der Waals surface area contributed by atoms with Crippen molar-refractivity contribution in [1.29, 1.82) is 0 Å². The van der Waals surface area contributed by atoms with Gasteiger partial charge in [-0.1, -0.05) is 6.07 Å². The maximum atomic E-state index is 4.24. The Labute approximate surface area is 93.3 Å². The predicted molar refractivity (Wildman–Crippen MR) is 66.3 cm³/mol. The van der Waals surface area contributed by atoms with Gasteiger partial charge in [0.2, 0.25) is 0 Å². The van der Waals surface area contributed by atoms with E-state index in [4.69, 9.17) is 0 Å². The summed E-state index contributed by atoms with van der Waals surface area (Å²) in [5, 5.41) is 4.12. The van der Waals surface area contributed by atoms with Gasteiger partial charge < -0.3 is 5.32 Å². The summed E-state index contributed by atoms with van der Waals surface area (Å²) in [5.74, 6) is 4.86. The summed E-state index contributed by atoms with van der Waals surface area (Å²) in [5.41, 5.74) is 0. The minimum absolute atomic E-state index is 0.746. The van der Waals surface area contributed by atoms with Crippen LogP contribution in [-0.4, -0.2) is 34.0 Å². The van der Waals surface area contributed by atoms with Crippen LogP contribution in [0.5, 0.6) is 0 Å². The molecule has 0 saturated carbocycles. The standard InChI is InChI=1S/C10H14N2S2/c1-2-4-11-10(3-1)12-7-9-8-13-5-6-14-9/h1-4,9H,5-8H2,(H,11,12). The molecule has 2 rings (SSSR count). The van der Waals surface area contributed by atoms with Gasteiger partial charge in [0.25, 0.3) is 0 Å². The van der Waals surface area contributed by atoms with Crippen molar-refractivity contribution in [2.45, 2.75) is 5.25 Å². The lowest BCUT2D eigenvalue weighted by atomic mass is 10.4. The van der Waals surface area contributed by atoms with Gasteiger partial charge in [-0.3, -0.25) is 0 Å². The summed E-state index contributed by atoms with van der Waals surface area (Å²) in [6, 6.07) is 5.97. The van der Waals surface area contributed by atoms with Crippen LogP contribution in [0.3, 0.4) is 0 Å². The van der Waals surface area contributed by atoms with Crippen LogP contribution in [0.1, 0.15) is 0 Å². The van der Waals surface area contributed by atoms with Crippen LogP contribution in [0.4, 0.5) is 5.82 Å². The van der Waals surface area contributed by atoms with Crippen LogP contribution in [0.2, 0.25) is 0 Å². The van der Waals surface area contributed by atoms with Crippen molar-refractivity contribution < 1.29 is 0 Å². The molecule has 1 aromatic heterocycles. The summed E-state index contributed by atoms with van der Waals surface area (Å²) in [6.07, 6.45) is 1.82. The number of hydrogen-bond acceptors (Lipinski definition) is 4. The van der Waals surface area contributed by atoms with Crippen LogP contribution < -0.4 is 5.32 Å². The monoisotopic (exact) mass is 226 g/mol. The zero-order valence-electron chi connectivity index (χ0n) is 7.98. The van der Waals surface area contributed by atoms with Gasteiger partial charge in [-0.2, -0.15) is 23.5 Å². The number of nitrogens with one attached hydrogen (secondary N) is 1. The Bertz CT molecular complexity index is 260. The molecular formula is C10H14N2S2. The molecule has 0 aromatic carbocycles. The van der Waals surface area contributed by atoms with Gasteiger partial charge >= 0.3 is 0 Å². The Kier molecular flexibility index (Phi) is 4.01. The van der Waals surface area contributed by atoms with Gasteiger partial charge in [-0.15, -0.1) is 0 Å². The van der Waals surface area contributed by atoms with Crippen molar-refractivity contribution in [3.05, 3.63) is 24.4 Å². The largest absolute Gasteiger partial charge is 0.369 e. The third-order valence-corrected chi connectivity index (χ3v) is 4.91. The van der Waals surface area contributed by atoms with Gasteiger partial charge in [0.15, 0.2) is 0 Å². The summed E-state index contributed by atoms with van der Waals surface area (Å²) >= 11 is 4.13. The molecule has 0 bridgehead atoms. The third kappa shape index (κ3) is 3.10. The quantitative estimate of drug-likeness (QED) is 0.855. The molecule has 14 heavy (non-hydrogen) atoms. The van der Waals surface area contributed by atoms with Crippen molar-refractivity contribution in [3.8, 4) is 0 Å². The van der Waals surface area contributed by atoms with Gasteiger partial charge in [0.1, 0.15) is 5.82 Å². The number of nitrogens with zero attached hydrogens (tertiary/aromatic N) is 1. The van der Waals surface area contributed by atoms with E-state index in [1.807, 2.05) is 24.4 Å². The number of thioether (sulfide) groups is 2. The van der Waals surface area contributed by atoms with Crippen molar-refractivity contribution >= 4 is 29.3 Å². The van der Waals surface area contributed by atoms with Crippen LogP contribution in [0, 0.1) is 0 Å². The van der Waals surface area contributed by atoms with E-state index in [1.54, 1.807) is 0 Å². The molecule has 1 unspecified atom stereocenters. The summed E-state index contributed by atoms with van der Waals surface area (Å²) in [6.45, 7) is 1.04. The zero-order chi connectivity index (χ0) is 9.64. The maximum absolute atomic E-state index is 4.24. The summed E-state index contributed by atoms with van der Waals surface area (Å²) < 4.78 is 0. The molecule has 1 aromatic rings. The van der Waals surface area contributed by atoms with Crippen molar-refractivity contribution in [1.82, 2.24) is 4.98 Å². The first kappa shape index (κ1) is 10.2. The summed E-state index contributed by atoms with van der Waals surface area (Å²) in [7, 11) is 0. The van der Waals surface area contributed by atoms with E-state index in [-0.39, 0.29) is 0 Å². The van der Waals surface area contributed by atoms with Gasteiger partial charge in [-0.25, -0.2) is 4.98 Å². The minimum atomic E-state index is 0.746. The highest BCUT2D eigenvalue weighted by atomic mass is 32.2. The molecule has 76 valence electrons. The van der Waals surface area contributed by atoms with Crippen molar-refractivity contribution in [2.24, 2.45) is 0 Å². The fourth-order valence-electron chi connectivity index (χ4n) is 1.34. The Morgan fingerprint density at radius 3 is 3.14 bits per heavy atom. The second-order valence-corrected chi connectivity index (χ2v) is 5.72. The molecule has 1 aliphatic rings. The molecule has 2 nitrogen and oxygen atoms in total. The van der Waals surface area contributed by atoms with Crippen molar-refractivity contribution in [2.75, 3.05) is 29.1 Å². The van der Waals surface area contributed by atoms with Gasteiger partial charge in [-0.05, 0) is 12.1 Å². The Hall–Kier alpha value is -0.350. The normalized spacial score (nSPS) is 21.9. The smallest absolute Gasteiger partial charge is 0.125 e. The Morgan fingerprint density at radius 1 is 1.43 bits per heavy atom. The van der Waals surface area contributed by atoms with Crippen LogP contribution in [0.15, 0.2) is 24.4 Å². The van der Waals surface area contributed by atoms with Crippen LogP contribution in [-0.2, 0) is 0 Å². The molecule has 1 saturated heterocycles. The fourth-order valence-corrected chi connectivity index (χ4v) is 3.95. The first-order valence-electron chi connectivity index (χ1n) is 4.79. The highest BCUT2D eigenvalue weighted by Crippen LogP contribution is 2.23. The van der Waals surface area contributed by atoms with Crippen molar-refractivity contribution in [3.63, 3.8) is 0 Å². The molecule has 0 amide bonds. The second kappa shape index (κ2) is 5.51. The van der Waals surface area contributed by atoms with Gasteiger partial charge in [0.05, 0.1) is 0 Å². The molecule has 1 aliphatic heterocycles. The topological polar surface area (TPSA) is 24.9 Å². The number of hydrogen-bond donors (Lipinski definition) is 1. The van der Waals surface area contributed by atoms with Crippen LogP contribution in [0.25, 0.3) is 0 Å². The molecule has 4 heteroatoms. The highest BCUT2D eigenvalue weighted by molar-refractivity contribution is 8.06. The molecule has 0 radical (unpaired) electrons. The first-order valence-corrected chi connectivity index (χ1v) is 7.00. The second-order valence-electron chi connectivity index (χ2n) is 3.16. The molecule has 0 spiro atoms. The van der Waals surface area contributed by atoms with E-state index >= 15 is 0 Å². The minimum Gasteiger partial charge on any atom is -0.369 e. The molecule has 1 atom stereocenters. The number of pyridine rings is 1. The average molecular weight is 226 g/mol. The molecule has 1 N–H and O–H groups in total. The molecule has 2 heterocycles. The Balaban J connectivity index is 1.76. The summed E-state index contributed by atoms with van der Waals surface area (Å²) in [4.78, 5) is 4.24. The van der Waals surface area contributed by atoms with E-state index in [0.717, 1.165) is 17.6 Å². The zero-order valence-corrected chi connectivity index (χ0v) is 9.61. The van der Waals surface area contributed by atoms with E-state index in [1.165, 1.54) is 17.3 Å². The first-order chi connectivity index (χ1) is 6.95.